The van der Waals surface area contributed by atoms with Crippen LogP contribution in [0.15, 0.2) is 47.5 Å². The fraction of sp³-hybridized carbons (Fsp3) is 0.118. The summed E-state index contributed by atoms with van der Waals surface area (Å²) in [6.07, 6.45) is 1.53. The average molecular weight is 347 g/mol. The van der Waals surface area contributed by atoms with Crippen molar-refractivity contribution in [1.82, 2.24) is 0 Å². The van der Waals surface area contributed by atoms with Gasteiger partial charge in [0.2, 0.25) is 5.91 Å². The second-order valence-electron chi connectivity index (χ2n) is 5.05. The van der Waals surface area contributed by atoms with Crippen LogP contribution >= 0.6 is 23.2 Å². The van der Waals surface area contributed by atoms with Gasteiger partial charge >= 0.3 is 0 Å². The van der Waals surface area contributed by atoms with Gasteiger partial charge in [0, 0.05) is 23.8 Å². The summed E-state index contributed by atoms with van der Waals surface area (Å²) >= 11 is 12.2. The van der Waals surface area contributed by atoms with E-state index in [-0.39, 0.29) is 10.7 Å². The van der Waals surface area contributed by atoms with Gasteiger partial charge < -0.3 is 0 Å². The summed E-state index contributed by atoms with van der Waals surface area (Å²) in [6.45, 7) is 0. The second kappa shape index (κ2) is 6.14. The molecule has 0 aliphatic carbocycles. The van der Waals surface area contributed by atoms with Crippen molar-refractivity contribution in [3.8, 4) is 0 Å². The van der Waals surface area contributed by atoms with Crippen LogP contribution in [0.3, 0.4) is 0 Å². The molecule has 0 saturated carbocycles. The Bertz CT molecular complexity index is 833. The van der Waals surface area contributed by atoms with Crippen molar-refractivity contribution in [1.29, 1.82) is 0 Å². The van der Waals surface area contributed by atoms with E-state index in [4.69, 9.17) is 23.2 Å². The minimum Gasteiger partial charge on any atom is -0.300 e. The lowest BCUT2D eigenvalue weighted by molar-refractivity contribution is -0.118. The highest BCUT2D eigenvalue weighted by molar-refractivity contribution is 6.39. The minimum atomic E-state index is -0.635. The molecule has 0 spiro atoms. The normalized spacial score (nSPS) is 17.7. The van der Waals surface area contributed by atoms with Gasteiger partial charge in [0.15, 0.2) is 0 Å². The summed E-state index contributed by atoms with van der Waals surface area (Å²) in [7, 11) is 1.59. The molecule has 1 heterocycles. The predicted octanol–water partition coefficient (Wildman–Crippen LogP) is 3.96. The topological polar surface area (TPSA) is 49.7 Å². The molecular weight excluding hydrogens is 335 g/mol. The predicted molar refractivity (Wildman–Crippen MR) is 91.9 cm³/mol. The highest BCUT2D eigenvalue weighted by Crippen LogP contribution is 2.36. The number of anilines is 1. The maximum Gasteiger partial charge on any atom is 0.265 e. The summed E-state index contributed by atoms with van der Waals surface area (Å²) in [6, 6.07) is 11.7. The molecule has 4 nitrogen and oxygen atoms in total. The molecule has 2 aromatic carbocycles. The first-order chi connectivity index (χ1) is 11.0. The molecule has 1 unspecified atom stereocenters. The maximum atomic E-state index is 12.9. The molecule has 0 saturated heterocycles. The van der Waals surface area contributed by atoms with Crippen molar-refractivity contribution < 1.29 is 9.59 Å². The van der Waals surface area contributed by atoms with Crippen molar-refractivity contribution in [2.75, 3.05) is 11.9 Å². The standard InChI is InChI=1S/C17H12Cl2N2O2/c1-20-9-13-11-4-2-3-5-12(11)16(22)21(17(13)23)15-8-10(18)6-7-14(15)19/h2-9,13H,1H3. The molecule has 0 aromatic heterocycles. The van der Waals surface area contributed by atoms with Crippen molar-refractivity contribution in [2.45, 2.75) is 5.92 Å². The number of carbonyl (C=O) groups excluding carboxylic acids is 2. The van der Waals surface area contributed by atoms with Crippen LogP contribution in [-0.4, -0.2) is 25.1 Å². The molecule has 0 fully saturated rings. The first kappa shape index (κ1) is 15.7. The van der Waals surface area contributed by atoms with Crippen LogP contribution in [0.25, 0.3) is 0 Å². The van der Waals surface area contributed by atoms with Crippen molar-refractivity contribution in [3.05, 3.63) is 63.6 Å². The molecule has 0 N–H and O–H groups in total. The Hall–Kier alpha value is -2.17. The SMILES string of the molecule is CN=CC1C(=O)N(c2cc(Cl)ccc2Cl)C(=O)c2ccccc21. The molecule has 1 aliphatic heterocycles. The van der Waals surface area contributed by atoms with E-state index in [1.807, 2.05) is 0 Å². The summed E-state index contributed by atoms with van der Waals surface area (Å²) in [5.41, 5.74) is 1.37. The average Bonchev–Trinajstić information content (AvgIpc) is 2.55. The van der Waals surface area contributed by atoms with E-state index in [1.54, 1.807) is 43.4 Å². The van der Waals surface area contributed by atoms with Crippen LogP contribution in [0.4, 0.5) is 5.69 Å². The number of amides is 2. The molecule has 2 aromatic rings. The van der Waals surface area contributed by atoms with Crippen LogP contribution in [0.2, 0.25) is 10.0 Å². The molecule has 6 heteroatoms. The Balaban J connectivity index is 2.21. The molecule has 1 aliphatic rings. The van der Waals surface area contributed by atoms with Crippen LogP contribution in [0, 0.1) is 0 Å². The zero-order chi connectivity index (χ0) is 16.6. The summed E-state index contributed by atoms with van der Waals surface area (Å²) in [4.78, 5) is 30.7. The second-order valence-corrected chi connectivity index (χ2v) is 5.89. The van der Waals surface area contributed by atoms with Crippen molar-refractivity contribution >= 4 is 46.9 Å². The zero-order valence-corrected chi connectivity index (χ0v) is 13.7. The lowest BCUT2D eigenvalue weighted by Gasteiger charge is -2.31. The van der Waals surface area contributed by atoms with E-state index in [1.165, 1.54) is 12.3 Å². The number of fused-ring (bicyclic) bond motifs is 1. The number of carbonyl (C=O) groups is 2. The zero-order valence-electron chi connectivity index (χ0n) is 12.2. The van der Waals surface area contributed by atoms with Gasteiger partial charge in [0.05, 0.1) is 16.6 Å². The van der Waals surface area contributed by atoms with E-state index in [0.29, 0.717) is 16.1 Å². The third-order valence-electron chi connectivity index (χ3n) is 3.66. The van der Waals surface area contributed by atoms with E-state index in [0.717, 1.165) is 4.90 Å². The lowest BCUT2D eigenvalue weighted by Crippen LogP contribution is -2.45. The quantitative estimate of drug-likeness (QED) is 0.610. The summed E-state index contributed by atoms with van der Waals surface area (Å²) in [5.74, 6) is -1.46. The number of benzene rings is 2. The third kappa shape index (κ3) is 2.64. The molecule has 0 bridgehead atoms. The fourth-order valence-electron chi connectivity index (χ4n) is 2.63. The van der Waals surface area contributed by atoms with Gasteiger partial charge in [-0.3, -0.25) is 14.6 Å². The van der Waals surface area contributed by atoms with E-state index in [2.05, 4.69) is 4.99 Å². The maximum absolute atomic E-state index is 12.9. The van der Waals surface area contributed by atoms with Crippen molar-refractivity contribution in [2.24, 2.45) is 4.99 Å². The molecule has 23 heavy (non-hydrogen) atoms. The van der Waals surface area contributed by atoms with E-state index < -0.39 is 17.7 Å². The molecule has 0 radical (unpaired) electrons. The Morgan fingerprint density at radius 1 is 1.13 bits per heavy atom. The Morgan fingerprint density at radius 2 is 1.87 bits per heavy atom. The van der Waals surface area contributed by atoms with Crippen LogP contribution < -0.4 is 4.90 Å². The van der Waals surface area contributed by atoms with Crippen LogP contribution in [-0.2, 0) is 4.79 Å². The van der Waals surface area contributed by atoms with E-state index >= 15 is 0 Å². The van der Waals surface area contributed by atoms with Gasteiger partial charge in [-0.15, -0.1) is 0 Å². The number of hydrogen-bond acceptors (Lipinski definition) is 3. The number of imide groups is 1. The van der Waals surface area contributed by atoms with Gasteiger partial charge in [-0.1, -0.05) is 41.4 Å². The van der Waals surface area contributed by atoms with Gasteiger partial charge in [0.1, 0.15) is 0 Å². The highest BCUT2D eigenvalue weighted by Gasteiger charge is 2.39. The molecule has 116 valence electrons. The number of aliphatic imine (C=N–C) groups is 1. The first-order valence-electron chi connectivity index (χ1n) is 6.89. The Labute approximate surface area is 143 Å². The van der Waals surface area contributed by atoms with Gasteiger partial charge in [-0.2, -0.15) is 0 Å². The molecule has 1 atom stereocenters. The largest absolute Gasteiger partial charge is 0.300 e. The van der Waals surface area contributed by atoms with Crippen molar-refractivity contribution in [3.63, 3.8) is 0 Å². The summed E-state index contributed by atoms with van der Waals surface area (Å²) < 4.78 is 0. The number of halogens is 2. The first-order valence-corrected chi connectivity index (χ1v) is 7.64. The van der Waals surface area contributed by atoms with Crippen LogP contribution in [0.1, 0.15) is 21.8 Å². The molecular formula is C17H12Cl2N2O2. The Morgan fingerprint density at radius 3 is 2.61 bits per heavy atom. The fourth-order valence-corrected chi connectivity index (χ4v) is 3.00. The number of hydrogen-bond donors (Lipinski definition) is 0. The summed E-state index contributed by atoms with van der Waals surface area (Å²) in [5, 5.41) is 0.673. The molecule has 2 amide bonds. The monoisotopic (exact) mass is 346 g/mol. The third-order valence-corrected chi connectivity index (χ3v) is 4.22. The van der Waals surface area contributed by atoms with Crippen LogP contribution in [0.5, 0.6) is 0 Å². The molecule has 3 rings (SSSR count). The highest BCUT2D eigenvalue weighted by atomic mass is 35.5. The van der Waals surface area contributed by atoms with E-state index in [9.17, 15) is 9.59 Å². The number of nitrogens with zero attached hydrogens (tertiary/aromatic N) is 2. The van der Waals surface area contributed by atoms with Gasteiger partial charge in [0.25, 0.3) is 5.91 Å². The minimum absolute atomic E-state index is 0.276. The van der Waals surface area contributed by atoms with Gasteiger partial charge in [-0.05, 0) is 29.8 Å². The lowest BCUT2D eigenvalue weighted by atomic mass is 9.89. The Kier molecular flexibility index (Phi) is 4.20. The smallest absolute Gasteiger partial charge is 0.265 e. The number of rotatable bonds is 2. The van der Waals surface area contributed by atoms with Gasteiger partial charge in [-0.25, -0.2) is 4.90 Å².